The molecular weight excluding hydrogens is 386 g/mol. The molecule has 6 nitrogen and oxygen atoms in total. The van der Waals surface area contributed by atoms with E-state index in [-0.39, 0.29) is 11.9 Å². The van der Waals surface area contributed by atoms with Crippen molar-refractivity contribution in [1.82, 2.24) is 14.9 Å². The number of benzene rings is 2. The Bertz CT molecular complexity index is 1020. The first-order valence-electron chi connectivity index (χ1n) is 9.78. The number of amides is 1. The summed E-state index contributed by atoms with van der Waals surface area (Å²) in [6, 6.07) is 13.2. The van der Waals surface area contributed by atoms with Crippen LogP contribution in [0.15, 0.2) is 42.5 Å². The molecule has 0 spiro atoms. The molecule has 0 saturated carbocycles. The highest BCUT2D eigenvalue weighted by Crippen LogP contribution is 2.31. The van der Waals surface area contributed by atoms with Gasteiger partial charge in [-0.1, -0.05) is 12.1 Å². The predicted molar refractivity (Wildman–Crippen MR) is 116 cm³/mol. The van der Waals surface area contributed by atoms with Crippen molar-refractivity contribution in [3.05, 3.63) is 53.9 Å². The van der Waals surface area contributed by atoms with Crippen LogP contribution in [-0.2, 0) is 7.05 Å². The molecule has 0 aliphatic carbocycles. The van der Waals surface area contributed by atoms with Gasteiger partial charge in [0.15, 0.2) is 11.5 Å². The Balaban J connectivity index is 1.60. The maximum absolute atomic E-state index is 13.0. The van der Waals surface area contributed by atoms with Crippen molar-refractivity contribution in [2.75, 3.05) is 25.2 Å². The highest BCUT2D eigenvalue weighted by Gasteiger charge is 2.22. The largest absolute Gasteiger partial charge is 0.490 e. The molecule has 0 radical (unpaired) electrons. The molecule has 4 rings (SSSR count). The van der Waals surface area contributed by atoms with E-state index in [1.54, 1.807) is 23.9 Å². The molecule has 1 aliphatic heterocycles. The molecule has 1 N–H and O–H groups in total. The molecule has 152 valence electrons. The summed E-state index contributed by atoms with van der Waals surface area (Å²) < 4.78 is 13.5. The van der Waals surface area contributed by atoms with E-state index in [1.807, 2.05) is 37.4 Å². The molecule has 2 heterocycles. The summed E-state index contributed by atoms with van der Waals surface area (Å²) >= 11 is 1.76. The summed E-state index contributed by atoms with van der Waals surface area (Å²) in [5.41, 5.74) is 2.55. The van der Waals surface area contributed by atoms with Gasteiger partial charge in [-0.2, -0.15) is 11.8 Å². The Labute approximate surface area is 174 Å². The molecule has 1 atom stereocenters. The van der Waals surface area contributed by atoms with Gasteiger partial charge in [0.25, 0.3) is 5.91 Å². The summed E-state index contributed by atoms with van der Waals surface area (Å²) in [5.74, 6) is 2.96. The monoisotopic (exact) mass is 411 g/mol. The number of aromatic nitrogens is 2. The van der Waals surface area contributed by atoms with E-state index in [1.165, 1.54) is 0 Å². The van der Waals surface area contributed by atoms with E-state index in [0.29, 0.717) is 30.3 Å². The minimum atomic E-state index is -0.177. The molecule has 7 heteroatoms. The van der Waals surface area contributed by atoms with Crippen molar-refractivity contribution in [3.63, 3.8) is 0 Å². The summed E-state index contributed by atoms with van der Waals surface area (Å²) in [6.45, 7) is 1.22. The van der Waals surface area contributed by atoms with Gasteiger partial charge in [0, 0.05) is 19.0 Å². The summed E-state index contributed by atoms with van der Waals surface area (Å²) in [7, 11) is 2.00. The smallest absolute Gasteiger partial charge is 0.252 e. The number of aryl methyl sites for hydroxylation is 1. The lowest BCUT2D eigenvalue weighted by atomic mass is 10.1. The van der Waals surface area contributed by atoms with E-state index in [2.05, 4.69) is 16.1 Å². The van der Waals surface area contributed by atoms with Gasteiger partial charge in [-0.15, -0.1) is 0 Å². The van der Waals surface area contributed by atoms with E-state index >= 15 is 0 Å². The first kappa shape index (κ1) is 19.6. The minimum absolute atomic E-state index is 0.140. The number of imidazole rings is 1. The maximum Gasteiger partial charge on any atom is 0.252 e. The molecule has 0 bridgehead atoms. The van der Waals surface area contributed by atoms with Crippen LogP contribution in [0.3, 0.4) is 0 Å². The zero-order valence-electron chi connectivity index (χ0n) is 16.7. The van der Waals surface area contributed by atoms with E-state index in [0.717, 1.165) is 35.5 Å². The zero-order chi connectivity index (χ0) is 20.2. The second kappa shape index (κ2) is 8.78. The van der Waals surface area contributed by atoms with Gasteiger partial charge in [0.1, 0.15) is 5.82 Å². The quantitative estimate of drug-likeness (QED) is 0.665. The van der Waals surface area contributed by atoms with Crippen LogP contribution in [0.4, 0.5) is 0 Å². The topological polar surface area (TPSA) is 65.4 Å². The number of para-hydroxylation sites is 2. The fraction of sp³-hybridized carbons (Fsp3) is 0.364. The average Bonchev–Trinajstić information content (AvgIpc) is 2.91. The molecule has 0 fully saturated rings. The molecular formula is C22H25N3O3S. The second-order valence-electron chi connectivity index (χ2n) is 7.04. The fourth-order valence-electron chi connectivity index (χ4n) is 3.52. The zero-order valence-corrected chi connectivity index (χ0v) is 17.5. The van der Waals surface area contributed by atoms with E-state index in [4.69, 9.17) is 14.5 Å². The van der Waals surface area contributed by atoms with Crippen molar-refractivity contribution in [2.45, 2.75) is 18.9 Å². The van der Waals surface area contributed by atoms with Crippen LogP contribution in [-0.4, -0.2) is 40.7 Å². The third kappa shape index (κ3) is 4.19. The normalized spacial score (nSPS) is 14.4. The lowest BCUT2D eigenvalue weighted by Gasteiger charge is -2.19. The Kier molecular flexibility index (Phi) is 5.94. The Morgan fingerprint density at radius 3 is 2.79 bits per heavy atom. The van der Waals surface area contributed by atoms with Crippen LogP contribution in [0, 0.1) is 0 Å². The van der Waals surface area contributed by atoms with Gasteiger partial charge in [-0.25, -0.2) is 4.98 Å². The Morgan fingerprint density at radius 2 is 2.00 bits per heavy atom. The first-order chi connectivity index (χ1) is 14.2. The van der Waals surface area contributed by atoms with Crippen LogP contribution >= 0.6 is 11.8 Å². The number of hydrogen-bond acceptors (Lipinski definition) is 5. The van der Waals surface area contributed by atoms with E-state index < -0.39 is 0 Å². The lowest BCUT2D eigenvalue weighted by molar-refractivity contribution is 0.0933. The van der Waals surface area contributed by atoms with Gasteiger partial charge in [0.2, 0.25) is 0 Å². The summed E-state index contributed by atoms with van der Waals surface area (Å²) in [6.07, 6.45) is 3.70. The summed E-state index contributed by atoms with van der Waals surface area (Å²) in [4.78, 5) is 17.8. The van der Waals surface area contributed by atoms with Crippen LogP contribution in [0.5, 0.6) is 11.5 Å². The number of nitrogens with one attached hydrogen (secondary N) is 1. The Hall–Kier alpha value is -2.67. The highest BCUT2D eigenvalue weighted by atomic mass is 32.2. The standard InChI is InChI=1S/C22H25N3O3S/c1-25-18-7-4-3-6-16(18)23-21(25)17(10-13-29-2)24-22(26)15-8-9-19-20(14-15)28-12-5-11-27-19/h3-4,6-9,14,17H,5,10-13H2,1-2H3,(H,24,26)/t17-/m0/s1. The number of carbonyl (C=O) groups is 1. The molecule has 2 aromatic carbocycles. The fourth-order valence-corrected chi connectivity index (χ4v) is 3.99. The number of ether oxygens (including phenoxy) is 2. The molecule has 1 aromatic heterocycles. The van der Waals surface area contributed by atoms with Crippen molar-refractivity contribution < 1.29 is 14.3 Å². The number of carbonyl (C=O) groups excluding carboxylic acids is 1. The van der Waals surface area contributed by atoms with Gasteiger partial charge >= 0.3 is 0 Å². The third-order valence-corrected chi connectivity index (χ3v) is 5.70. The van der Waals surface area contributed by atoms with Crippen molar-refractivity contribution in [2.24, 2.45) is 7.05 Å². The van der Waals surface area contributed by atoms with E-state index in [9.17, 15) is 4.79 Å². The van der Waals surface area contributed by atoms with Crippen LogP contribution in [0.2, 0.25) is 0 Å². The SMILES string of the molecule is CSCC[C@H](NC(=O)c1ccc2c(c1)OCCCO2)c1nc2ccccc2n1C. The molecule has 0 unspecified atom stereocenters. The number of nitrogens with zero attached hydrogens (tertiary/aromatic N) is 2. The average molecular weight is 412 g/mol. The lowest BCUT2D eigenvalue weighted by Crippen LogP contribution is -2.30. The van der Waals surface area contributed by atoms with Crippen LogP contribution < -0.4 is 14.8 Å². The maximum atomic E-state index is 13.0. The predicted octanol–water partition coefficient (Wildman–Crippen LogP) is 3.96. The molecule has 1 amide bonds. The summed E-state index contributed by atoms with van der Waals surface area (Å²) in [5, 5.41) is 3.18. The van der Waals surface area contributed by atoms with Crippen LogP contribution in [0.1, 0.15) is 35.1 Å². The number of rotatable bonds is 6. The third-order valence-electron chi connectivity index (χ3n) is 5.06. The molecule has 1 aliphatic rings. The Morgan fingerprint density at radius 1 is 1.21 bits per heavy atom. The molecule has 29 heavy (non-hydrogen) atoms. The van der Waals surface area contributed by atoms with Crippen molar-refractivity contribution >= 4 is 28.7 Å². The molecule has 0 saturated heterocycles. The molecule has 3 aromatic rings. The van der Waals surface area contributed by atoms with Crippen LogP contribution in [0.25, 0.3) is 11.0 Å². The van der Waals surface area contributed by atoms with Crippen molar-refractivity contribution in [1.29, 1.82) is 0 Å². The number of thioether (sulfide) groups is 1. The van der Waals surface area contributed by atoms with Gasteiger partial charge in [-0.05, 0) is 48.8 Å². The van der Waals surface area contributed by atoms with Gasteiger partial charge in [0.05, 0.1) is 30.3 Å². The number of hydrogen-bond donors (Lipinski definition) is 1. The minimum Gasteiger partial charge on any atom is -0.490 e. The van der Waals surface area contributed by atoms with Crippen molar-refractivity contribution in [3.8, 4) is 11.5 Å². The second-order valence-corrected chi connectivity index (χ2v) is 8.02. The van der Waals surface area contributed by atoms with Gasteiger partial charge in [-0.3, -0.25) is 4.79 Å². The first-order valence-corrected chi connectivity index (χ1v) is 11.2. The number of fused-ring (bicyclic) bond motifs is 2. The highest BCUT2D eigenvalue weighted by molar-refractivity contribution is 7.98. The van der Waals surface area contributed by atoms with Gasteiger partial charge < -0.3 is 19.4 Å².